The molecule has 0 radical (unpaired) electrons. The topological polar surface area (TPSA) is 325 Å². The van der Waals surface area contributed by atoms with E-state index in [2.05, 4.69) is 191 Å². The van der Waals surface area contributed by atoms with Crippen LogP contribution in [0, 0.1) is 0 Å². The van der Waals surface area contributed by atoms with Gasteiger partial charge in [-0.25, -0.2) is 0 Å². The fraction of sp³-hybridized carbons (Fsp3) is 0.487. The fourth-order valence-corrected chi connectivity index (χ4v) is 16.6. The minimum atomic E-state index is -0.958. The van der Waals surface area contributed by atoms with Crippen molar-refractivity contribution in [3.8, 4) is 57.5 Å². The van der Waals surface area contributed by atoms with Crippen molar-refractivity contribution >= 4 is 0 Å². The van der Waals surface area contributed by atoms with Crippen molar-refractivity contribution in [2.24, 2.45) is 11.5 Å². The predicted molar refractivity (Wildman–Crippen MR) is 553 cm³/mol. The second-order valence-corrected chi connectivity index (χ2v) is 41.5. The van der Waals surface area contributed by atoms with E-state index in [9.17, 15) is 20.4 Å². The van der Waals surface area contributed by atoms with Crippen LogP contribution in [0.5, 0.6) is 57.5 Å². The van der Waals surface area contributed by atoms with Crippen molar-refractivity contribution in [2.75, 3.05) is 158 Å². The summed E-state index contributed by atoms with van der Waals surface area (Å²) in [5.74, 6) is 7.47. The summed E-state index contributed by atoms with van der Waals surface area (Å²) in [5.41, 5.74) is 20.9. The van der Waals surface area contributed by atoms with Gasteiger partial charge in [0.1, 0.15) is 185 Å². The molecule has 10 aromatic carbocycles. The molecule has 0 aromatic heterocycles. The van der Waals surface area contributed by atoms with Gasteiger partial charge in [0.2, 0.25) is 0 Å². The van der Waals surface area contributed by atoms with E-state index in [-0.39, 0.29) is 154 Å². The van der Waals surface area contributed by atoms with Crippen LogP contribution < -0.4 is 58.8 Å². The fourth-order valence-electron chi connectivity index (χ4n) is 16.6. The maximum atomic E-state index is 11.8. The van der Waals surface area contributed by atoms with Gasteiger partial charge in [-0.15, -0.1) is 0 Å². The van der Waals surface area contributed by atoms with Crippen LogP contribution in [-0.2, 0) is 65.0 Å². The molecule has 0 aliphatic carbocycles. The van der Waals surface area contributed by atoms with Crippen LogP contribution in [0.4, 0.5) is 0 Å². The van der Waals surface area contributed by atoms with E-state index in [0.717, 1.165) is 119 Å². The molecule has 6 aliphatic heterocycles. The molecule has 772 valence electrons. The summed E-state index contributed by atoms with van der Waals surface area (Å²) >= 11 is 0. The molecule has 6 saturated heterocycles. The van der Waals surface area contributed by atoms with Gasteiger partial charge >= 0.3 is 0 Å². The molecule has 0 spiro atoms. The Hall–Kier alpha value is -10.4. The van der Waals surface area contributed by atoms with Crippen LogP contribution in [0.2, 0.25) is 0 Å². The Morgan fingerprint density at radius 3 is 0.497 bits per heavy atom. The molecule has 16 rings (SSSR count). The molecule has 8 N–H and O–H groups in total. The zero-order valence-electron chi connectivity index (χ0n) is 85.8. The van der Waals surface area contributed by atoms with Gasteiger partial charge < -0.3 is 117 Å². The SMILES string of the molecule is CC(C)(c1ccc(OCC2CO2)cc1)c1ccc(OCC2CO2)cc1.CC(COCC(C)N(CC(O)COc1ccc(C(C)(C)c2ccc(OCC3CO3)cc2)cc1)CC(O)COc1ccc(C(C)(C)c2ccc(OCC3CO3)cc2)cc1)N(CC(O)COc1ccc(C(C)(C)c2ccc(OCC3CO3)cc2)cc1)CC(O)COc1ccc(C(C)(C)c2ccc(OCC3CO3)cc2)cc1.CC(N)COCC(C)N. The summed E-state index contributed by atoms with van der Waals surface area (Å²) < 4.78 is 103. The van der Waals surface area contributed by atoms with E-state index in [1.807, 2.05) is 159 Å². The Balaban J connectivity index is 0.000000398. The third-order valence-corrected chi connectivity index (χ3v) is 27.1. The van der Waals surface area contributed by atoms with Crippen molar-refractivity contribution in [2.45, 2.75) is 209 Å². The van der Waals surface area contributed by atoms with Crippen molar-refractivity contribution in [3.63, 3.8) is 0 Å². The van der Waals surface area contributed by atoms with Gasteiger partial charge in [0, 0.05) is 77.4 Å². The van der Waals surface area contributed by atoms with Crippen molar-refractivity contribution < 1.29 is 106 Å². The summed E-state index contributed by atoms with van der Waals surface area (Å²) in [6.07, 6.45) is -2.54. The Bertz CT molecular complexity index is 4810. The van der Waals surface area contributed by atoms with Gasteiger partial charge in [-0.2, -0.15) is 0 Å². The van der Waals surface area contributed by atoms with Crippen LogP contribution in [0.3, 0.4) is 0 Å². The highest BCUT2D eigenvalue weighted by Crippen LogP contribution is 2.41. The van der Waals surface area contributed by atoms with E-state index in [4.69, 9.17) is 96.7 Å². The van der Waals surface area contributed by atoms with Crippen molar-refractivity contribution in [1.82, 2.24) is 9.80 Å². The molecule has 14 atom stereocenters. The number of nitrogens with zero attached hydrogens (tertiary/aromatic N) is 2. The number of hydrogen-bond acceptors (Lipinski definition) is 26. The van der Waals surface area contributed by atoms with E-state index in [1.54, 1.807) is 0 Å². The first kappa shape index (κ1) is 108. The highest BCUT2D eigenvalue weighted by atomic mass is 16.6. The molecular formula is C117H152N4O22. The minimum Gasteiger partial charge on any atom is -0.491 e. The molecule has 0 bridgehead atoms. The summed E-state index contributed by atoms with van der Waals surface area (Å²) in [6, 6.07) is 80.9. The lowest BCUT2D eigenvalue weighted by atomic mass is 9.78. The maximum Gasteiger partial charge on any atom is 0.119 e. The maximum absolute atomic E-state index is 11.8. The minimum absolute atomic E-state index is 0.00789. The lowest BCUT2D eigenvalue weighted by molar-refractivity contribution is -0.0270. The van der Waals surface area contributed by atoms with Gasteiger partial charge in [-0.05, 0) is 205 Å². The largest absolute Gasteiger partial charge is 0.491 e. The summed E-state index contributed by atoms with van der Waals surface area (Å²) in [6.45, 7) is 40.0. The molecule has 26 nitrogen and oxygen atoms in total. The normalized spacial score (nSPS) is 19.0. The van der Waals surface area contributed by atoms with Crippen LogP contribution >= 0.6 is 0 Å². The van der Waals surface area contributed by atoms with Gasteiger partial charge in [0.15, 0.2) is 0 Å². The van der Waals surface area contributed by atoms with Gasteiger partial charge in [-0.1, -0.05) is 191 Å². The van der Waals surface area contributed by atoms with Crippen LogP contribution in [0.15, 0.2) is 243 Å². The highest BCUT2D eigenvalue weighted by molar-refractivity contribution is 5.48. The zero-order valence-corrected chi connectivity index (χ0v) is 85.8. The van der Waals surface area contributed by atoms with Crippen LogP contribution in [0.1, 0.15) is 153 Å². The lowest BCUT2D eigenvalue weighted by Gasteiger charge is -2.34. The molecule has 6 fully saturated rings. The lowest BCUT2D eigenvalue weighted by Crippen LogP contribution is -2.49. The number of ether oxygens (including phenoxy) is 18. The molecule has 14 unspecified atom stereocenters. The average molecular weight is 1970 g/mol. The quantitative estimate of drug-likeness (QED) is 0.0193. The molecule has 26 heteroatoms. The first-order valence-electron chi connectivity index (χ1n) is 50.5. The third-order valence-electron chi connectivity index (χ3n) is 27.1. The molecule has 6 heterocycles. The number of epoxide rings is 6. The summed E-state index contributed by atoms with van der Waals surface area (Å²) in [4.78, 5) is 3.99. The number of benzene rings is 10. The van der Waals surface area contributed by atoms with Crippen LogP contribution in [-0.4, -0.2) is 274 Å². The van der Waals surface area contributed by atoms with Gasteiger partial charge in [0.25, 0.3) is 0 Å². The monoisotopic (exact) mass is 1970 g/mol. The number of rotatable bonds is 58. The number of nitrogens with two attached hydrogens (primary N) is 2. The molecule has 0 amide bonds. The Morgan fingerprint density at radius 1 is 0.231 bits per heavy atom. The molecule has 143 heavy (non-hydrogen) atoms. The standard InChI is InChI=1S/C90H112N2O17.C21H24O4.C6H16N2O/c1-61(91(43-71(93)49-98-75-27-11-63(12-28-75)87(3,4)67-19-35-79(36-20-67)102-53-83-57-106-83)44-72(94)50-99-76-29-13-64(14-30-76)88(5,6)68-21-37-80(38-22-68)103-54-84-58-107-84)47-97-48-62(2)92(45-73(95)51-100-77-31-15-65(16-32-77)89(7,8)69-23-39-81(40-24-69)104-55-85-59-108-85)46-74(96)52-101-78-33-17-66(18-34-78)90(9,10)70-25-41-82(42-26-70)105-56-86-60-109-86;1-21(2,15-3-7-17(8-4-15)22-11-19-13-24-19)16-5-9-18(10-6-16)23-12-20-14-25-20;1-5(7)3-9-4-6(2)8/h11-42,61-62,71-74,83-86,93-96H,43-60H2,1-10H3;3-10,19-20H,11-14H2,1-2H3;5-6H,3-4,7-8H2,1-2H3. The summed E-state index contributed by atoms with van der Waals surface area (Å²) in [7, 11) is 0. The van der Waals surface area contributed by atoms with E-state index in [1.165, 1.54) is 11.1 Å². The Kier molecular flexibility index (Phi) is 38.7. The van der Waals surface area contributed by atoms with E-state index in [0.29, 0.717) is 75.9 Å². The number of aliphatic hydroxyl groups excluding tert-OH is 4. The Labute approximate surface area is 845 Å². The zero-order chi connectivity index (χ0) is 101. The van der Waals surface area contributed by atoms with Gasteiger partial charge in [0.05, 0.1) is 66.1 Å². The second-order valence-electron chi connectivity index (χ2n) is 41.5. The number of aliphatic hydroxyl groups is 4. The second kappa shape index (κ2) is 51.1. The van der Waals surface area contributed by atoms with Crippen molar-refractivity contribution in [1.29, 1.82) is 0 Å². The Morgan fingerprint density at radius 2 is 0.364 bits per heavy atom. The molecular weight excluding hydrogens is 1810 g/mol. The molecule has 6 aliphatic rings. The average Bonchev–Trinajstić information content (AvgIpc) is 1.81. The highest BCUT2D eigenvalue weighted by Gasteiger charge is 2.35. The van der Waals surface area contributed by atoms with Crippen molar-refractivity contribution in [3.05, 3.63) is 298 Å². The van der Waals surface area contributed by atoms with Crippen LogP contribution in [0.25, 0.3) is 0 Å². The van der Waals surface area contributed by atoms with E-state index < -0.39 is 24.4 Å². The molecule has 0 saturated carbocycles. The van der Waals surface area contributed by atoms with Gasteiger partial charge in [-0.3, -0.25) is 9.80 Å². The predicted octanol–water partition coefficient (Wildman–Crippen LogP) is 15.8. The summed E-state index contributed by atoms with van der Waals surface area (Å²) in [5, 5.41) is 47.2. The third kappa shape index (κ3) is 34.3. The number of hydrogen-bond donors (Lipinski definition) is 6. The first-order valence-corrected chi connectivity index (χ1v) is 50.5. The van der Waals surface area contributed by atoms with E-state index >= 15 is 0 Å². The molecule has 10 aromatic rings. The first-order chi connectivity index (χ1) is 68.6. The smallest absolute Gasteiger partial charge is 0.119 e.